The summed E-state index contributed by atoms with van der Waals surface area (Å²) in [7, 11) is 0. The maximum absolute atomic E-state index is 12.1. The van der Waals surface area contributed by atoms with Crippen LogP contribution in [0.3, 0.4) is 0 Å². The van der Waals surface area contributed by atoms with Crippen molar-refractivity contribution in [1.82, 2.24) is 9.55 Å². The number of aromatic amines is 1. The number of para-hydroxylation sites is 4. The number of aromatic nitrogens is 2. The van der Waals surface area contributed by atoms with Gasteiger partial charge in [-0.15, -0.1) is 0 Å². The molecule has 0 aliphatic carbocycles. The van der Waals surface area contributed by atoms with E-state index in [9.17, 15) is 9.59 Å². The number of H-pyrrole nitrogens is 1. The maximum atomic E-state index is 12.1. The molecule has 2 aromatic carbocycles. The van der Waals surface area contributed by atoms with Crippen molar-refractivity contribution in [2.24, 2.45) is 0 Å². The molecule has 7 heteroatoms. The molecule has 7 nitrogen and oxygen atoms in total. The van der Waals surface area contributed by atoms with Crippen molar-refractivity contribution in [1.29, 1.82) is 0 Å². The molecular weight excluding hydrogens is 336 g/mol. The van der Waals surface area contributed by atoms with Gasteiger partial charge in [-0.25, -0.2) is 9.59 Å². The third kappa shape index (κ3) is 3.15. The molecule has 0 radical (unpaired) electrons. The molecule has 1 aliphatic heterocycles. The molecule has 2 heterocycles. The lowest BCUT2D eigenvalue weighted by atomic mass is 10.2. The number of hydrogen-bond donors (Lipinski definition) is 1. The number of carbonyl (C=O) groups excluding carboxylic acids is 1. The number of imidazole rings is 1. The monoisotopic (exact) mass is 354 g/mol. The Morgan fingerprint density at radius 2 is 1.92 bits per heavy atom. The average Bonchev–Trinajstić information content (AvgIpc) is 3.00. The highest BCUT2D eigenvalue weighted by atomic mass is 16.6. The number of aryl methyl sites for hydroxylation is 1. The summed E-state index contributed by atoms with van der Waals surface area (Å²) in [6.07, 6.45) is -0.252. The summed E-state index contributed by atoms with van der Waals surface area (Å²) in [6.45, 7) is 0.783. The fraction of sp³-hybridized carbons (Fsp3) is 0.263. The van der Waals surface area contributed by atoms with Crippen LogP contribution in [0.4, 0.5) is 0 Å². The smallest absolute Gasteiger partial charge is 0.350 e. The van der Waals surface area contributed by atoms with Gasteiger partial charge in [0.25, 0.3) is 0 Å². The Bertz CT molecular complexity index is 991. The zero-order chi connectivity index (χ0) is 17.9. The summed E-state index contributed by atoms with van der Waals surface area (Å²) in [4.78, 5) is 26.9. The van der Waals surface area contributed by atoms with Gasteiger partial charge in [0.1, 0.15) is 6.61 Å². The topological polar surface area (TPSA) is 82.6 Å². The van der Waals surface area contributed by atoms with Gasteiger partial charge in [0.15, 0.2) is 11.5 Å². The van der Waals surface area contributed by atoms with Gasteiger partial charge in [-0.05, 0) is 30.7 Å². The third-order valence-corrected chi connectivity index (χ3v) is 4.22. The number of benzene rings is 2. The van der Waals surface area contributed by atoms with Crippen LogP contribution in [0.15, 0.2) is 53.3 Å². The van der Waals surface area contributed by atoms with E-state index in [0.717, 1.165) is 11.0 Å². The Kier molecular flexibility index (Phi) is 4.35. The van der Waals surface area contributed by atoms with Gasteiger partial charge >= 0.3 is 11.7 Å². The fourth-order valence-electron chi connectivity index (χ4n) is 2.95. The molecule has 0 saturated heterocycles. The van der Waals surface area contributed by atoms with Gasteiger partial charge in [-0.3, -0.25) is 4.57 Å². The predicted octanol–water partition coefficient (Wildman–Crippen LogP) is 2.10. The van der Waals surface area contributed by atoms with E-state index in [-0.39, 0.29) is 18.9 Å². The van der Waals surface area contributed by atoms with Crippen LogP contribution in [0.25, 0.3) is 11.0 Å². The molecule has 1 atom stereocenters. The molecule has 0 amide bonds. The number of hydrogen-bond acceptors (Lipinski definition) is 5. The van der Waals surface area contributed by atoms with E-state index in [4.69, 9.17) is 14.2 Å². The second-order valence-corrected chi connectivity index (χ2v) is 5.98. The number of nitrogens with zero attached hydrogens (tertiary/aromatic N) is 1. The minimum atomic E-state index is -0.777. The maximum Gasteiger partial charge on any atom is 0.350 e. The second kappa shape index (κ2) is 6.95. The van der Waals surface area contributed by atoms with Gasteiger partial charge < -0.3 is 19.2 Å². The summed E-state index contributed by atoms with van der Waals surface area (Å²) < 4.78 is 18.0. The SMILES string of the molecule is O=C(OCCCn1c(=O)[nH]c2ccccc21)[C@H]1COc2ccccc2O1. The van der Waals surface area contributed by atoms with Crippen molar-refractivity contribution in [3.8, 4) is 11.5 Å². The van der Waals surface area contributed by atoms with Crippen LogP contribution in [-0.4, -0.2) is 34.8 Å². The van der Waals surface area contributed by atoms with Gasteiger partial charge in [-0.2, -0.15) is 0 Å². The first-order chi connectivity index (χ1) is 12.7. The van der Waals surface area contributed by atoms with Gasteiger partial charge in [0.05, 0.1) is 17.6 Å². The fourth-order valence-corrected chi connectivity index (χ4v) is 2.95. The van der Waals surface area contributed by atoms with Crippen LogP contribution in [0.1, 0.15) is 6.42 Å². The predicted molar refractivity (Wildman–Crippen MR) is 94.5 cm³/mol. The van der Waals surface area contributed by atoms with E-state index in [1.54, 1.807) is 16.7 Å². The summed E-state index contributed by atoms with van der Waals surface area (Å²) >= 11 is 0. The standard InChI is InChI=1S/C19H18N2O5/c22-18(17-12-25-15-8-3-4-9-16(15)26-17)24-11-5-10-21-14-7-2-1-6-13(14)20-19(21)23/h1-4,6-9,17H,5,10-12H2,(H,20,23)/t17-/m1/s1. The molecule has 0 spiro atoms. The molecule has 4 rings (SSSR count). The lowest BCUT2D eigenvalue weighted by Crippen LogP contribution is -2.38. The number of nitrogens with one attached hydrogen (secondary N) is 1. The Morgan fingerprint density at radius 3 is 2.81 bits per heavy atom. The van der Waals surface area contributed by atoms with Crippen molar-refractivity contribution >= 4 is 17.0 Å². The normalized spacial score (nSPS) is 15.8. The first-order valence-electron chi connectivity index (χ1n) is 8.45. The molecule has 0 bridgehead atoms. The van der Waals surface area contributed by atoms with Crippen molar-refractivity contribution in [3.05, 3.63) is 59.0 Å². The van der Waals surface area contributed by atoms with E-state index in [1.165, 1.54) is 0 Å². The minimum Gasteiger partial charge on any atom is -0.485 e. The van der Waals surface area contributed by atoms with Gasteiger partial charge in [-0.1, -0.05) is 24.3 Å². The molecule has 1 aromatic heterocycles. The van der Waals surface area contributed by atoms with Crippen LogP contribution < -0.4 is 15.2 Å². The quantitative estimate of drug-likeness (QED) is 0.560. The molecule has 1 N–H and O–H groups in total. The van der Waals surface area contributed by atoms with Crippen molar-refractivity contribution in [3.63, 3.8) is 0 Å². The lowest BCUT2D eigenvalue weighted by Gasteiger charge is -2.24. The summed E-state index contributed by atoms with van der Waals surface area (Å²) in [5, 5.41) is 0. The van der Waals surface area contributed by atoms with Gasteiger partial charge in [0, 0.05) is 6.54 Å². The number of rotatable bonds is 5. The molecule has 0 fully saturated rings. The first kappa shape index (κ1) is 16.3. The molecule has 1 aliphatic rings. The highest BCUT2D eigenvalue weighted by molar-refractivity contribution is 5.76. The van der Waals surface area contributed by atoms with Crippen molar-refractivity contribution < 1.29 is 19.0 Å². The number of esters is 1. The number of carbonyl (C=O) groups is 1. The van der Waals surface area contributed by atoms with Crippen LogP contribution in [0.2, 0.25) is 0 Å². The van der Waals surface area contributed by atoms with Crippen LogP contribution >= 0.6 is 0 Å². The lowest BCUT2D eigenvalue weighted by molar-refractivity contribution is -0.154. The Hall–Kier alpha value is -3.22. The van der Waals surface area contributed by atoms with Crippen LogP contribution in [-0.2, 0) is 16.1 Å². The average molecular weight is 354 g/mol. The van der Waals surface area contributed by atoms with E-state index >= 15 is 0 Å². The zero-order valence-corrected chi connectivity index (χ0v) is 14.0. The molecule has 26 heavy (non-hydrogen) atoms. The third-order valence-electron chi connectivity index (χ3n) is 4.22. The Labute approximate surface area is 149 Å². The van der Waals surface area contributed by atoms with Crippen molar-refractivity contribution in [2.75, 3.05) is 13.2 Å². The van der Waals surface area contributed by atoms with Crippen LogP contribution in [0.5, 0.6) is 11.5 Å². The molecular formula is C19H18N2O5. The Balaban J connectivity index is 1.30. The molecule has 134 valence electrons. The van der Waals surface area contributed by atoms with E-state index in [0.29, 0.717) is 24.5 Å². The highest BCUT2D eigenvalue weighted by Gasteiger charge is 2.28. The highest BCUT2D eigenvalue weighted by Crippen LogP contribution is 2.31. The number of fused-ring (bicyclic) bond motifs is 2. The van der Waals surface area contributed by atoms with E-state index in [2.05, 4.69) is 4.98 Å². The first-order valence-corrected chi connectivity index (χ1v) is 8.45. The second-order valence-electron chi connectivity index (χ2n) is 5.98. The molecule has 3 aromatic rings. The summed E-state index contributed by atoms with van der Waals surface area (Å²) in [5.41, 5.74) is 1.46. The van der Waals surface area contributed by atoms with Crippen LogP contribution in [0, 0.1) is 0 Å². The number of ether oxygens (including phenoxy) is 3. The van der Waals surface area contributed by atoms with E-state index < -0.39 is 12.1 Å². The van der Waals surface area contributed by atoms with Crippen molar-refractivity contribution in [2.45, 2.75) is 19.1 Å². The molecule has 0 saturated carbocycles. The Morgan fingerprint density at radius 1 is 1.15 bits per heavy atom. The summed E-state index contributed by atoms with van der Waals surface area (Å²) in [5.74, 6) is 0.687. The largest absolute Gasteiger partial charge is 0.485 e. The van der Waals surface area contributed by atoms with E-state index in [1.807, 2.05) is 36.4 Å². The summed E-state index contributed by atoms with van der Waals surface area (Å²) in [6, 6.07) is 14.7. The minimum absolute atomic E-state index is 0.123. The zero-order valence-electron chi connectivity index (χ0n) is 14.0. The van der Waals surface area contributed by atoms with Gasteiger partial charge in [0.2, 0.25) is 6.10 Å². The molecule has 0 unspecified atom stereocenters.